The van der Waals surface area contributed by atoms with E-state index in [9.17, 15) is 9.59 Å². The minimum Gasteiger partial charge on any atom is -0.495 e. The van der Waals surface area contributed by atoms with Crippen LogP contribution in [0.3, 0.4) is 0 Å². The van der Waals surface area contributed by atoms with Gasteiger partial charge in [-0.2, -0.15) is 0 Å². The molecule has 0 bridgehead atoms. The highest BCUT2D eigenvalue weighted by molar-refractivity contribution is 9.10. The van der Waals surface area contributed by atoms with Crippen LogP contribution in [0, 0.1) is 0 Å². The van der Waals surface area contributed by atoms with Crippen molar-refractivity contribution in [3.05, 3.63) is 22.2 Å². The minimum absolute atomic E-state index is 0.252. The van der Waals surface area contributed by atoms with Gasteiger partial charge in [-0.25, -0.2) is 4.79 Å². The molecule has 7 heteroatoms. The monoisotopic (exact) mass is 401 g/mol. The van der Waals surface area contributed by atoms with Gasteiger partial charge in [0.25, 0.3) is 5.91 Å². The van der Waals surface area contributed by atoms with Gasteiger partial charge in [-0.1, -0.05) is 26.2 Å². The molecule has 1 amide bonds. The van der Waals surface area contributed by atoms with E-state index in [0.29, 0.717) is 22.5 Å². The first kappa shape index (κ1) is 20.3. The van der Waals surface area contributed by atoms with Gasteiger partial charge in [-0.3, -0.25) is 4.79 Å². The lowest BCUT2D eigenvalue weighted by molar-refractivity contribution is -0.124. The van der Waals surface area contributed by atoms with Gasteiger partial charge >= 0.3 is 5.97 Å². The van der Waals surface area contributed by atoms with Crippen molar-refractivity contribution >= 4 is 27.8 Å². The quantitative estimate of drug-likeness (QED) is 0.480. The third kappa shape index (κ3) is 6.39. The smallest absolute Gasteiger partial charge is 0.338 e. The fourth-order valence-electron chi connectivity index (χ4n) is 2.03. The van der Waals surface area contributed by atoms with Crippen molar-refractivity contribution in [3.8, 4) is 11.5 Å². The van der Waals surface area contributed by atoms with Crippen LogP contribution in [-0.2, 0) is 9.53 Å². The molecule has 1 aromatic carbocycles. The molecule has 0 saturated heterocycles. The number of methoxy groups -OCH3 is 2. The lowest BCUT2D eigenvalue weighted by Gasteiger charge is -2.11. The van der Waals surface area contributed by atoms with Crippen LogP contribution < -0.4 is 14.8 Å². The fraction of sp³-hybridized carbons (Fsp3) is 0.529. The van der Waals surface area contributed by atoms with Crippen molar-refractivity contribution in [2.45, 2.75) is 32.6 Å². The van der Waals surface area contributed by atoms with Crippen LogP contribution in [0.4, 0.5) is 0 Å². The molecule has 0 spiro atoms. The normalized spacial score (nSPS) is 10.2. The predicted molar refractivity (Wildman–Crippen MR) is 94.7 cm³/mol. The van der Waals surface area contributed by atoms with Crippen LogP contribution in [0.15, 0.2) is 16.6 Å². The second-order valence-corrected chi connectivity index (χ2v) is 5.97. The van der Waals surface area contributed by atoms with Crippen LogP contribution in [0.25, 0.3) is 0 Å². The summed E-state index contributed by atoms with van der Waals surface area (Å²) < 4.78 is 16.0. The second kappa shape index (κ2) is 10.9. The molecule has 134 valence electrons. The molecule has 1 aromatic rings. The first-order valence-corrected chi connectivity index (χ1v) is 8.68. The Balaban J connectivity index is 2.52. The number of ether oxygens (including phenoxy) is 3. The Labute approximate surface area is 151 Å². The summed E-state index contributed by atoms with van der Waals surface area (Å²) in [5.74, 6) is -0.0283. The second-order valence-electron chi connectivity index (χ2n) is 5.18. The molecule has 0 saturated carbocycles. The van der Waals surface area contributed by atoms with Gasteiger partial charge in [0.05, 0.1) is 19.8 Å². The number of nitrogens with one attached hydrogen (secondary N) is 1. The summed E-state index contributed by atoms with van der Waals surface area (Å²) in [6.45, 7) is 2.41. The van der Waals surface area contributed by atoms with E-state index in [0.717, 1.165) is 25.7 Å². The topological polar surface area (TPSA) is 73.9 Å². The number of amides is 1. The van der Waals surface area contributed by atoms with E-state index < -0.39 is 5.97 Å². The van der Waals surface area contributed by atoms with E-state index in [1.165, 1.54) is 26.4 Å². The van der Waals surface area contributed by atoms with Crippen LogP contribution in [-0.4, -0.2) is 39.2 Å². The van der Waals surface area contributed by atoms with Crippen LogP contribution in [0.1, 0.15) is 43.0 Å². The molecular weight excluding hydrogens is 378 g/mol. The molecule has 0 aliphatic heterocycles. The van der Waals surface area contributed by atoms with Crippen molar-refractivity contribution in [2.75, 3.05) is 27.4 Å². The molecule has 0 heterocycles. The van der Waals surface area contributed by atoms with E-state index >= 15 is 0 Å². The number of carbonyl (C=O) groups is 2. The highest BCUT2D eigenvalue weighted by atomic mass is 79.9. The third-order valence-corrected chi connectivity index (χ3v) is 4.15. The maximum atomic E-state index is 12.1. The molecule has 24 heavy (non-hydrogen) atoms. The zero-order valence-electron chi connectivity index (χ0n) is 14.3. The molecule has 0 radical (unpaired) electrons. The number of benzene rings is 1. The Morgan fingerprint density at radius 3 is 2.25 bits per heavy atom. The predicted octanol–water partition coefficient (Wildman–Crippen LogP) is 3.32. The number of rotatable bonds is 10. The molecule has 1 N–H and O–H groups in total. The van der Waals surface area contributed by atoms with Gasteiger partial charge in [-0.15, -0.1) is 0 Å². The van der Waals surface area contributed by atoms with E-state index in [1.807, 2.05) is 0 Å². The SMILES string of the molecule is CCCCCCNC(=O)COC(=O)c1cc(OC)c(Br)c(OC)c1. The summed E-state index contributed by atoms with van der Waals surface area (Å²) >= 11 is 3.33. The summed E-state index contributed by atoms with van der Waals surface area (Å²) in [7, 11) is 2.97. The van der Waals surface area contributed by atoms with Crippen LogP contribution >= 0.6 is 15.9 Å². The van der Waals surface area contributed by atoms with E-state index in [4.69, 9.17) is 14.2 Å². The fourth-order valence-corrected chi connectivity index (χ4v) is 2.58. The summed E-state index contributed by atoms with van der Waals surface area (Å²) in [4.78, 5) is 23.7. The maximum absolute atomic E-state index is 12.1. The van der Waals surface area contributed by atoms with Gasteiger partial charge in [-0.05, 0) is 34.5 Å². The van der Waals surface area contributed by atoms with Gasteiger partial charge in [0.1, 0.15) is 16.0 Å². The Kier molecular flexibility index (Phi) is 9.22. The minimum atomic E-state index is -0.611. The summed E-state index contributed by atoms with van der Waals surface area (Å²) in [5.41, 5.74) is 0.252. The molecule has 0 unspecified atom stereocenters. The van der Waals surface area contributed by atoms with Crippen molar-refractivity contribution in [1.29, 1.82) is 0 Å². The number of halogens is 1. The Hall–Kier alpha value is -1.76. The molecule has 0 fully saturated rings. The third-order valence-electron chi connectivity index (χ3n) is 3.37. The number of carbonyl (C=O) groups excluding carboxylic acids is 2. The maximum Gasteiger partial charge on any atom is 0.338 e. The van der Waals surface area contributed by atoms with E-state index in [2.05, 4.69) is 28.2 Å². The number of unbranched alkanes of at least 4 members (excludes halogenated alkanes) is 3. The van der Waals surface area contributed by atoms with E-state index in [1.54, 1.807) is 0 Å². The average Bonchev–Trinajstić information content (AvgIpc) is 2.59. The lowest BCUT2D eigenvalue weighted by atomic mass is 10.2. The number of hydrogen-bond donors (Lipinski definition) is 1. The molecule has 1 rings (SSSR count). The van der Waals surface area contributed by atoms with Gasteiger partial charge in [0.2, 0.25) is 0 Å². The molecule has 0 aliphatic rings. The highest BCUT2D eigenvalue weighted by Gasteiger charge is 2.16. The average molecular weight is 402 g/mol. The summed E-state index contributed by atoms with van der Waals surface area (Å²) in [5, 5.41) is 2.73. The van der Waals surface area contributed by atoms with Gasteiger partial charge < -0.3 is 19.5 Å². The number of hydrogen-bond acceptors (Lipinski definition) is 5. The molecule has 6 nitrogen and oxygen atoms in total. The van der Waals surface area contributed by atoms with E-state index in [-0.39, 0.29) is 18.1 Å². The first-order valence-electron chi connectivity index (χ1n) is 7.88. The van der Waals surface area contributed by atoms with Crippen LogP contribution in [0.5, 0.6) is 11.5 Å². The van der Waals surface area contributed by atoms with Crippen molar-refractivity contribution < 1.29 is 23.8 Å². The highest BCUT2D eigenvalue weighted by Crippen LogP contribution is 2.35. The summed E-state index contributed by atoms with van der Waals surface area (Å²) in [6, 6.07) is 3.05. The largest absolute Gasteiger partial charge is 0.495 e. The van der Waals surface area contributed by atoms with Crippen molar-refractivity contribution in [1.82, 2.24) is 5.32 Å². The standard InChI is InChI=1S/C17H24BrNO5/c1-4-5-6-7-8-19-15(20)11-24-17(21)12-9-13(22-2)16(18)14(10-12)23-3/h9-10H,4-8,11H2,1-3H3,(H,19,20). The van der Waals surface area contributed by atoms with Gasteiger partial charge in [0.15, 0.2) is 6.61 Å². The zero-order valence-corrected chi connectivity index (χ0v) is 15.9. The molecule has 0 aromatic heterocycles. The molecule has 0 atom stereocenters. The Morgan fingerprint density at radius 2 is 1.71 bits per heavy atom. The Bertz CT molecular complexity index is 537. The zero-order chi connectivity index (χ0) is 17.9. The molecule has 0 aliphatic carbocycles. The molecular formula is C17H24BrNO5. The lowest BCUT2D eigenvalue weighted by Crippen LogP contribution is -2.29. The van der Waals surface area contributed by atoms with Gasteiger partial charge in [0, 0.05) is 6.54 Å². The van der Waals surface area contributed by atoms with Crippen molar-refractivity contribution in [3.63, 3.8) is 0 Å². The first-order chi connectivity index (χ1) is 11.5. The number of esters is 1. The Morgan fingerprint density at radius 1 is 1.08 bits per heavy atom. The summed E-state index contributed by atoms with van der Waals surface area (Å²) in [6.07, 6.45) is 4.30. The van der Waals surface area contributed by atoms with Crippen LogP contribution in [0.2, 0.25) is 0 Å². The van der Waals surface area contributed by atoms with Crippen molar-refractivity contribution in [2.24, 2.45) is 0 Å².